The molecule has 0 aromatic carbocycles. The van der Waals surface area contributed by atoms with Crippen molar-refractivity contribution in [1.29, 1.82) is 0 Å². The maximum atomic E-state index is 5.89. The van der Waals surface area contributed by atoms with E-state index in [9.17, 15) is 0 Å². The largest absolute Gasteiger partial charge is 0.347 e. The summed E-state index contributed by atoms with van der Waals surface area (Å²) < 4.78 is 0. The highest BCUT2D eigenvalue weighted by atomic mass is 35.5. The van der Waals surface area contributed by atoms with Crippen molar-refractivity contribution in [3.05, 3.63) is 16.9 Å². The van der Waals surface area contributed by atoms with Crippen molar-refractivity contribution in [3.63, 3.8) is 0 Å². The highest BCUT2D eigenvalue weighted by Gasteiger charge is 2.26. The van der Waals surface area contributed by atoms with E-state index < -0.39 is 0 Å². The van der Waals surface area contributed by atoms with Gasteiger partial charge in [0.05, 0.1) is 5.69 Å². The van der Waals surface area contributed by atoms with Gasteiger partial charge in [0, 0.05) is 20.0 Å². The number of halogens is 1. The second kappa shape index (κ2) is 3.14. The number of rotatable bonds is 2. The molecule has 0 aliphatic heterocycles. The van der Waals surface area contributed by atoms with E-state index in [1.54, 1.807) is 0 Å². The smallest absolute Gasteiger partial charge is 0.226 e. The quantitative estimate of drug-likeness (QED) is 0.680. The van der Waals surface area contributed by atoms with Gasteiger partial charge in [0.25, 0.3) is 0 Å². The minimum absolute atomic E-state index is 0.542. The molecule has 0 spiro atoms. The van der Waals surface area contributed by atoms with Gasteiger partial charge in [-0.2, -0.15) is 0 Å². The lowest BCUT2D eigenvalue weighted by atomic mass is 10.3. The molecular weight excluding hydrogens is 186 g/mol. The molecule has 0 unspecified atom stereocenters. The van der Waals surface area contributed by atoms with Crippen LogP contribution in [0.4, 0.5) is 5.95 Å². The van der Waals surface area contributed by atoms with E-state index in [-0.39, 0.29) is 0 Å². The zero-order valence-electron chi connectivity index (χ0n) is 7.79. The van der Waals surface area contributed by atoms with Crippen LogP contribution in [0.25, 0.3) is 0 Å². The van der Waals surface area contributed by atoms with Gasteiger partial charge >= 0.3 is 0 Å². The second-order valence-corrected chi connectivity index (χ2v) is 3.97. The number of anilines is 1. The van der Waals surface area contributed by atoms with Gasteiger partial charge in [0.2, 0.25) is 5.95 Å². The first-order valence-corrected chi connectivity index (χ1v) is 4.76. The summed E-state index contributed by atoms with van der Waals surface area (Å²) in [7, 11) is 3.84. The second-order valence-electron chi connectivity index (χ2n) is 3.58. The van der Waals surface area contributed by atoms with E-state index in [0.29, 0.717) is 17.0 Å². The average Bonchev–Trinajstić information content (AvgIpc) is 2.85. The van der Waals surface area contributed by atoms with Crippen molar-refractivity contribution in [3.8, 4) is 0 Å². The first-order chi connectivity index (χ1) is 6.16. The lowest BCUT2D eigenvalue weighted by Gasteiger charge is -2.11. The fraction of sp³-hybridized carbons (Fsp3) is 0.556. The van der Waals surface area contributed by atoms with Crippen molar-refractivity contribution < 1.29 is 0 Å². The van der Waals surface area contributed by atoms with E-state index in [1.165, 1.54) is 12.8 Å². The van der Waals surface area contributed by atoms with Crippen LogP contribution in [0.2, 0.25) is 5.15 Å². The summed E-state index contributed by atoms with van der Waals surface area (Å²) in [6.07, 6.45) is 2.47. The number of hydrogen-bond donors (Lipinski definition) is 0. The molecule has 1 aliphatic rings. The molecule has 1 saturated carbocycles. The molecular formula is C9H12ClN3. The number of nitrogens with zero attached hydrogens (tertiary/aromatic N) is 3. The standard InChI is InChI=1S/C9H12ClN3/c1-13(2)9-11-7(6-3-4-6)5-8(10)12-9/h5-6H,3-4H2,1-2H3. The maximum Gasteiger partial charge on any atom is 0.226 e. The molecule has 0 amide bonds. The van der Waals surface area contributed by atoms with Gasteiger partial charge in [-0.05, 0) is 18.9 Å². The summed E-state index contributed by atoms with van der Waals surface area (Å²) in [6.45, 7) is 0. The van der Waals surface area contributed by atoms with Crippen LogP contribution < -0.4 is 4.90 Å². The molecule has 0 radical (unpaired) electrons. The highest BCUT2D eigenvalue weighted by Crippen LogP contribution is 2.39. The molecule has 0 bridgehead atoms. The van der Waals surface area contributed by atoms with E-state index in [1.807, 2.05) is 25.1 Å². The lowest BCUT2D eigenvalue weighted by Crippen LogP contribution is -2.13. The van der Waals surface area contributed by atoms with Gasteiger partial charge in [-0.1, -0.05) is 11.6 Å². The van der Waals surface area contributed by atoms with E-state index in [2.05, 4.69) is 9.97 Å². The zero-order valence-corrected chi connectivity index (χ0v) is 8.54. The molecule has 0 atom stereocenters. The molecule has 1 aliphatic carbocycles. The van der Waals surface area contributed by atoms with Crippen LogP contribution in [0.15, 0.2) is 6.07 Å². The monoisotopic (exact) mass is 197 g/mol. The molecule has 3 nitrogen and oxygen atoms in total. The van der Waals surface area contributed by atoms with Crippen molar-refractivity contribution >= 4 is 17.5 Å². The van der Waals surface area contributed by atoms with Crippen LogP contribution in [0.3, 0.4) is 0 Å². The van der Waals surface area contributed by atoms with Crippen LogP contribution in [0.5, 0.6) is 0 Å². The predicted molar refractivity (Wildman–Crippen MR) is 53.3 cm³/mol. The Morgan fingerprint density at radius 1 is 1.38 bits per heavy atom. The summed E-state index contributed by atoms with van der Waals surface area (Å²) in [5, 5.41) is 0.542. The van der Waals surface area contributed by atoms with Crippen molar-refractivity contribution in [2.24, 2.45) is 0 Å². The minimum atomic E-state index is 0.542. The van der Waals surface area contributed by atoms with Crippen LogP contribution in [-0.4, -0.2) is 24.1 Å². The Bertz CT molecular complexity index is 300. The number of aromatic nitrogens is 2. The van der Waals surface area contributed by atoms with E-state index in [4.69, 9.17) is 11.6 Å². The summed E-state index contributed by atoms with van der Waals surface area (Å²) in [5.41, 5.74) is 1.09. The van der Waals surface area contributed by atoms with E-state index >= 15 is 0 Å². The van der Waals surface area contributed by atoms with Crippen molar-refractivity contribution in [2.45, 2.75) is 18.8 Å². The molecule has 4 heteroatoms. The van der Waals surface area contributed by atoms with Crippen molar-refractivity contribution in [1.82, 2.24) is 9.97 Å². The molecule has 1 aromatic heterocycles. The Labute approximate surface area is 82.8 Å². The maximum absolute atomic E-state index is 5.89. The zero-order chi connectivity index (χ0) is 9.42. The van der Waals surface area contributed by atoms with Crippen LogP contribution in [0, 0.1) is 0 Å². The number of hydrogen-bond acceptors (Lipinski definition) is 3. The Balaban J connectivity index is 2.36. The lowest BCUT2D eigenvalue weighted by molar-refractivity contribution is 0.933. The molecule has 0 saturated heterocycles. The van der Waals surface area contributed by atoms with Gasteiger partial charge in [0.15, 0.2) is 0 Å². The topological polar surface area (TPSA) is 29.0 Å². The Morgan fingerprint density at radius 3 is 2.62 bits per heavy atom. The minimum Gasteiger partial charge on any atom is -0.347 e. The first kappa shape index (κ1) is 8.75. The third kappa shape index (κ3) is 1.91. The SMILES string of the molecule is CN(C)c1nc(Cl)cc(C2CC2)n1. The van der Waals surface area contributed by atoms with Crippen molar-refractivity contribution in [2.75, 3.05) is 19.0 Å². The Hall–Kier alpha value is -0.830. The normalized spacial score (nSPS) is 15.9. The van der Waals surface area contributed by atoms with E-state index in [0.717, 1.165) is 5.69 Å². The Kier molecular flexibility index (Phi) is 2.12. The fourth-order valence-electron chi connectivity index (χ4n) is 1.21. The summed E-state index contributed by atoms with van der Waals surface area (Å²) in [6, 6.07) is 1.87. The molecule has 1 aromatic rings. The van der Waals surface area contributed by atoms with Gasteiger partial charge in [-0.15, -0.1) is 0 Å². The van der Waals surface area contributed by atoms with Crippen LogP contribution in [0.1, 0.15) is 24.5 Å². The van der Waals surface area contributed by atoms with Gasteiger partial charge in [-0.3, -0.25) is 0 Å². The molecule has 1 fully saturated rings. The van der Waals surface area contributed by atoms with Crippen LogP contribution in [-0.2, 0) is 0 Å². The first-order valence-electron chi connectivity index (χ1n) is 4.38. The third-order valence-electron chi connectivity index (χ3n) is 2.10. The average molecular weight is 198 g/mol. The predicted octanol–water partition coefficient (Wildman–Crippen LogP) is 2.07. The van der Waals surface area contributed by atoms with Gasteiger partial charge in [0.1, 0.15) is 5.15 Å². The molecule has 2 rings (SSSR count). The van der Waals surface area contributed by atoms with Gasteiger partial charge < -0.3 is 4.90 Å². The summed E-state index contributed by atoms with van der Waals surface area (Å²) in [4.78, 5) is 10.4. The summed E-state index contributed by atoms with van der Waals surface area (Å²) >= 11 is 5.89. The summed E-state index contributed by atoms with van der Waals surface area (Å²) in [5.74, 6) is 1.33. The third-order valence-corrected chi connectivity index (χ3v) is 2.29. The molecule has 70 valence electrons. The molecule has 13 heavy (non-hydrogen) atoms. The van der Waals surface area contributed by atoms with Gasteiger partial charge in [-0.25, -0.2) is 9.97 Å². The molecule has 1 heterocycles. The Morgan fingerprint density at radius 2 is 2.08 bits per heavy atom. The van der Waals surface area contributed by atoms with Crippen LogP contribution >= 0.6 is 11.6 Å². The highest BCUT2D eigenvalue weighted by molar-refractivity contribution is 6.29. The fourth-order valence-corrected chi connectivity index (χ4v) is 1.40. The molecule has 0 N–H and O–H groups in total.